The maximum atomic E-state index is 12.5. The Labute approximate surface area is 115 Å². The molecule has 0 bridgehead atoms. The first-order valence-corrected chi connectivity index (χ1v) is 7.59. The molecule has 0 radical (unpaired) electrons. The van der Waals surface area contributed by atoms with Gasteiger partial charge in [0.25, 0.3) is 0 Å². The molecular weight excluding hydrogens is 479 g/mol. The zero-order valence-electron chi connectivity index (χ0n) is 7.16. The van der Waals surface area contributed by atoms with Crippen molar-refractivity contribution in [3.8, 4) is 6.07 Å². The van der Waals surface area contributed by atoms with E-state index >= 15 is 0 Å². The zero-order valence-corrected chi connectivity index (χ0v) is 12.3. The first-order valence-electron chi connectivity index (χ1n) is 3.48. The Kier molecular flexibility index (Phi) is 2.98. The molecule has 16 heavy (non-hydrogen) atoms. The predicted octanol–water partition coefficient (Wildman–Crippen LogP) is 5.42. The fourth-order valence-corrected chi connectivity index (χ4v) is 3.99. The Morgan fingerprint density at radius 1 is 1.00 bits per heavy atom. The summed E-state index contributed by atoms with van der Waals surface area (Å²) in [6, 6.07) is 2.24. The van der Waals surface area contributed by atoms with Gasteiger partial charge in [0.15, 0.2) is 0 Å². The van der Waals surface area contributed by atoms with E-state index < -0.39 is 15.1 Å². The molecule has 0 unspecified atom stereocenters. The second-order valence-corrected chi connectivity index (χ2v) is 7.58. The van der Waals surface area contributed by atoms with E-state index in [0.29, 0.717) is 12.1 Å². The molecule has 0 N–H and O–H groups in total. The van der Waals surface area contributed by atoms with Gasteiger partial charge < -0.3 is 0 Å². The third-order valence-corrected chi connectivity index (χ3v) is 4.40. The van der Waals surface area contributed by atoms with Crippen LogP contribution in [0.4, 0.5) is 19.4 Å². The second-order valence-electron chi connectivity index (χ2n) is 2.84. The average Bonchev–Trinajstić information content (AvgIpc) is 1.99. The van der Waals surface area contributed by atoms with Crippen LogP contribution in [0.5, 0.6) is 0 Å². The standard InChI is InChI=1S/C7H2F5I2NS/c8-16(9,10,11,12)4-1-6(13)5(3-15)7(14)2-4/h1-2H. The highest BCUT2D eigenvalue weighted by atomic mass is 127. The van der Waals surface area contributed by atoms with Crippen LogP contribution in [0.2, 0.25) is 0 Å². The Hall–Kier alpha value is 0.170. The van der Waals surface area contributed by atoms with E-state index in [9.17, 15) is 19.4 Å². The average molecular weight is 481 g/mol. The van der Waals surface area contributed by atoms with Gasteiger partial charge in [-0.1, -0.05) is 19.4 Å². The number of hydrogen-bond acceptors (Lipinski definition) is 1. The first kappa shape index (κ1) is 14.2. The molecule has 0 saturated carbocycles. The topological polar surface area (TPSA) is 23.8 Å². The minimum absolute atomic E-state index is 0.0354. The van der Waals surface area contributed by atoms with Crippen LogP contribution in [0.1, 0.15) is 5.56 Å². The monoisotopic (exact) mass is 481 g/mol. The lowest BCUT2D eigenvalue weighted by Gasteiger charge is -2.40. The third kappa shape index (κ3) is 3.10. The van der Waals surface area contributed by atoms with Gasteiger partial charge in [0.2, 0.25) is 0 Å². The van der Waals surface area contributed by atoms with Gasteiger partial charge in [0.1, 0.15) is 11.0 Å². The van der Waals surface area contributed by atoms with Gasteiger partial charge in [-0.2, -0.15) is 5.26 Å². The van der Waals surface area contributed by atoms with Crippen molar-refractivity contribution >= 4 is 55.4 Å². The summed E-state index contributed by atoms with van der Waals surface area (Å²) in [5, 5.41) is 8.60. The van der Waals surface area contributed by atoms with Crippen LogP contribution in [0, 0.1) is 18.5 Å². The number of benzene rings is 1. The van der Waals surface area contributed by atoms with Crippen LogP contribution in [0.3, 0.4) is 0 Å². The van der Waals surface area contributed by atoms with Crippen LogP contribution in [0.25, 0.3) is 0 Å². The molecule has 1 aromatic rings. The molecule has 90 valence electrons. The van der Waals surface area contributed by atoms with Gasteiger partial charge in [0, 0.05) is 7.14 Å². The molecule has 9 heteroatoms. The predicted molar refractivity (Wildman–Crippen MR) is 68.0 cm³/mol. The maximum Gasteiger partial charge on any atom is 0.310 e. The highest BCUT2D eigenvalue weighted by Gasteiger charge is 2.65. The summed E-state index contributed by atoms with van der Waals surface area (Å²) < 4.78 is 62.0. The van der Waals surface area contributed by atoms with E-state index in [1.807, 2.05) is 0 Å². The van der Waals surface area contributed by atoms with Crippen LogP contribution in [0.15, 0.2) is 17.0 Å². The summed E-state index contributed by atoms with van der Waals surface area (Å²) in [5.41, 5.74) is -0.0354. The van der Waals surface area contributed by atoms with Crippen molar-refractivity contribution < 1.29 is 19.4 Å². The number of nitriles is 1. The number of nitrogens with zero attached hydrogens (tertiary/aromatic N) is 1. The molecule has 0 amide bonds. The summed E-state index contributed by atoms with van der Waals surface area (Å²) in [6.45, 7) is 0. The third-order valence-electron chi connectivity index (χ3n) is 1.57. The highest BCUT2D eigenvalue weighted by Crippen LogP contribution is 3.02. The van der Waals surface area contributed by atoms with Crippen LogP contribution in [-0.4, -0.2) is 0 Å². The first-order chi connectivity index (χ1) is 6.85. The minimum Gasteiger partial charge on any atom is -0.192 e. The second kappa shape index (κ2) is 3.35. The van der Waals surface area contributed by atoms with Gasteiger partial charge in [0.05, 0.1) is 5.56 Å². The smallest absolute Gasteiger partial charge is 0.192 e. The fraction of sp³-hybridized carbons (Fsp3) is 0. The summed E-state index contributed by atoms with van der Waals surface area (Å²) in [6.07, 6.45) is 0. The number of hydrogen-bond donors (Lipinski definition) is 0. The summed E-state index contributed by atoms with van der Waals surface area (Å²) in [5.74, 6) is 0. The fourth-order valence-electron chi connectivity index (χ4n) is 0.879. The van der Waals surface area contributed by atoms with Gasteiger partial charge in [-0.05, 0) is 57.3 Å². The van der Waals surface area contributed by atoms with Crippen molar-refractivity contribution in [3.63, 3.8) is 0 Å². The lowest BCUT2D eigenvalue weighted by atomic mass is 10.2. The van der Waals surface area contributed by atoms with E-state index in [2.05, 4.69) is 0 Å². The van der Waals surface area contributed by atoms with Crippen molar-refractivity contribution in [1.82, 2.24) is 0 Å². The molecule has 1 rings (SSSR count). The van der Waals surface area contributed by atoms with E-state index in [-0.39, 0.29) is 12.7 Å². The molecule has 0 fully saturated rings. The summed E-state index contributed by atoms with van der Waals surface area (Å²) in [7, 11) is -9.65. The van der Waals surface area contributed by atoms with Crippen molar-refractivity contribution in [2.75, 3.05) is 0 Å². The lowest BCUT2D eigenvalue weighted by molar-refractivity contribution is 0.364. The van der Waals surface area contributed by atoms with Gasteiger partial charge in [-0.3, -0.25) is 0 Å². The molecule has 1 aromatic carbocycles. The van der Waals surface area contributed by atoms with Crippen LogP contribution >= 0.6 is 55.4 Å². The molecule has 0 aliphatic rings. The number of halogens is 7. The van der Waals surface area contributed by atoms with Crippen LogP contribution < -0.4 is 0 Å². The SMILES string of the molecule is N#Cc1c(I)cc(S(F)(F)(F)(F)F)cc1I. The molecule has 0 aliphatic heterocycles. The van der Waals surface area contributed by atoms with Crippen molar-refractivity contribution in [2.24, 2.45) is 0 Å². The largest absolute Gasteiger partial charge is 0.310 e. The van der Waals surface area contributed by atoms with E-state index in [4.69, 9.17) is 5.26 Å². The molecule has 0 saturated heterocycles. The molecule has 0 atom stereocenters. The van der Waals surface area contributed by atoms with Gasteiger partial charge >= 0.3 is 10.2 Å². The molecule has 1 nitrogen and oxygen atoms in total. The summed E-state index contributed by atoms with van der Waals surface area (Å²) >= 11 is 2.85. The normalized spacial score (nSPS) is 16.1. The quantitative estimate of drug-likeness (QED) is 0.388. The summed E-state index contributed by atoms with van der Waals surface area (Å²) in [4.78, 5) is -1.96. The number of rotatable bonds is 1. The molecule has 0 spiro atoms. The lowest BCUT2D eigenvalue weighted by Crippen LogP contribution is -2.07. The Morgan fingerprint density at radius 2 is 1.38 bits per heavy atom. The van der Waals surface area contributed by atoms with E-state index in [0.717, 1.165) is 0 Å². The maximum absolute atomic E-state index is 12.5. The van der Waals surface area contributed by atoms with Crippen LogP contribution in [-0.2, 0) is 0 Å². The minimum atomic E-state index is -9.65. The molecule has 0 heterocycles. The molecule has 0 aliphatic carbocycles. The van der Waals surface area contributed by atoms with E-state index in [1.54, 1.807) is 6.07 Å². The van der Waals surface area contributed by atoms with E-state index in [1.165, 1.54) is 45.2 Å². The van der Waals surface area contributed by atoms with Gasteiger partial charge in [-0.15, -0.1) is 0 Å². The molecule has 0 aromatic heterocycles. The van der Waals surface area contributed by atoms with Crippen molar-refractivity contribution in [3.05, 3.63) is 24.8 Å². The highest BCUT2D eigenvalue weighted by molar-refractivity contribution is 14.1. The Bertz CT molecular complexity index is 480. The van der Waals surface area contributed by atoms with Crippen molar-refractivity contribution in [2.45, 2.75) is 4.90 Å². The zero-order chi connectivity index (χ0) is 12.8. The van der Waals surface area contributed by atoms with Crippen molar-refractivity contribution in [1.29, 1.82) is 5.26 Å². The Morgan fingerprint density at radius 3 is 1.62 bits per heavy atom. The Balaban J connectivity index is 3.63. The van der Waals surface area contributed by atoms with Gasteiger partial charge in [-0.25, -0.2) is 0 Å². The molecular formula is C7H2F5I2NS.